The maximum absolute atomic E-state index is 11.3. The van der Waals surface area contributed by atoms with Gasteiger partial charge in [0.2, 0.25) is 5.82 Å². The van der Waals surface area contributed by atoms with E-state index >= 15 is 0 Å². The molecule has 0 saturated heterocycles. The molecule has 2 aromatic heterocycles. The minimum Gasteiger partial charge on any atom is -0.465 e. The molecule has 0 aromatic carbocycles. The SMILES string of the molecule is CCOC(=O)Cn1nnnc1-c1ccco1. The molecule has 0 spiro atoms. The quantitative estimate of drug-likeness (QED) is 0.700. The summed E-state index contributed by atoms with van der Waals surface area (Å²) in [7, 11) is 0. The van der Waals surface area contributed by atoms with E-state index in [1.54, 1.807) is 19.1 Å². The first-order chi connectivity index (χ1) is 7.81. The standard InChI is InChI=1S/C9H10N4O3/c1-2-15-8(14)6-13-9(10-11-12-13)7-4-3-5-16-7/h3-5H,2,6H2,1H3. The molecular formula is C9H10N4O3. The molecule has 0 bridgehead atoms. The Labute approximate surface area is 91.0 Å². The first kappa shape index (κ1) is 10.3. The van der Waals surface area contributed by atoms with Crippen LogP contribution >= 0.6 is 0 Å². The van der Waals surface area contributed by atoms with E-state index in [0.29, 0.717) is 18.2 Å². The Bertz CT molecular complexity index is 463. The maximum Gasteiger partial charge on any atom is 0.327 e. The van der Waals surface area contributed by atoms with Crippen LogP contribution in [0, 0.1) is 0 Å². The molecule has 0 radical (unpaired) electrons. The summed E-state index contributed by atoms with van der Waals surface area (Å²) < 4.78 is 11.3. The van der Waals surface area contributed by atoms with Crippen molar-refractivity contribution in [3.63, 3.8) is 0 Å². The second-order valence-electron chi connectivity index (χ2n) is 2.94. The summed E-state index contributed by atoms with van der Waals surface area (Å²) >= 11 is 0. The minimum absolute atomic E-state index is 0.0309. The molecule has 0 unspecified atom stereocenters. The van der Waals surface area contributed by atoms with Gasteiger partial charge in [0.1, 0.15) is 6.54 Å². The van der Waals surface area contributed by atoms with Crippen molar-refractivity contribution in [2.45, 2.75) is 13.5 Å². The number of esters is 1. The summed E-state index contributed by atoms with van der Waals surface area (Å²) in [5.41, 5.74) is 0. The van der Waals surface area contributed by atoms with Crippen molar-refractivity contribution in [3.8, 4) is 11.6 Å². The predicted octanol–water partition coefficient (Wildman–Crippen LogP) is 0.496. The van der Waals surface area contributed by atoms with E-state index in [2.05, 4.69) is 15.5 Å². The van der Waals surface area contributed by atoms with Gasteiger partial charge in [-0.3, -0.25) is 4.79 Å². The number of aromatic nitrogens is 4. The monoisotopic (exact) mass is 222 g/mol. The van der Waals surface area contributed by atoms with Crippen LogP contribution in [0.4, 0.5) is 0 Å². The van der Waals surface area contributed by atoms with Crippen LogP contribution in [-0.2, 0) is 16.1 Å². The van der Waals surface area contributed by atoms with Gasteiger partial charge in [0, 0.05) is 0 Å². The summed E-state index contributed by atoms with van der Waals surface area (Å²) in [5, 5.41) is 10.9. The molecule has 7 heteroatoms. The molecule has 0 aliphatic heterocycles. The predicted molar refractivity (Wildman–Crippen MR) is 52.2 cm³/mol. The average molecular weight is 222 g/mol. The number of furan rings is 1. The van der Waals surface area contributed by atoms with Gasteiger partial charge in [0.25, 0.3) is 0 Å². The summed E-state index contributed by atoms with van der Waals surface area (Å²) in [6, 6.07) is 3.44. The van der Waals surface area contributed by atoms with E-state index in [0.717, 1.165) is 0 Å². The zero-order valence-electron chi connectivity index (χ0n) is 8.66. The van der Waals surface area contributed by atoms with E-state index in [1.165, 1.54) is 10.9 Å². The molecule has 2 heterocycles. The van der Waals surface area contributed by atoms with Gasteiger partial charge in [-0.2, -0.15) is 0 Å². The van der Waals surface area contributed by atoms with E-state index in [9.17, 15) is 4.79 Å². The zero-order chi connectivity index (χ0) is 11.4. The van der Waals surface area contributed by atoms with Crippen LogP contribution < -0.4 is 0 Å². The largest absolute Gasteiger partial charge is 0.465 e. The molecule has 0 amide bonds. The van der Waals surface area contributed by atoms with Crippen LogP contribution in [0.25, 0.3) is 11.6 Å². The fourth-order valence-corrected chi connectivity index (χ4v) is 1.22. The lowest BCUT2D eigenvalue weighted by Gasteiger charge is -2.02. The normalized spacial score (nSPS) is 10.3. The number of ether oxygens (including phenoxy) is 1. The number of hydrogen-bond donors (Lipinski definition) is 0. The third kappa shape index (κ3) is 2.08. The highest BCUT2D eigenvalue weighted by molar-refractivity contribution is 5.69. The number of rotatable bonds is 4. The summed E-state index contributed by atoms with van der Waals surface area (Å²) in [4.78, 5) is 11.3. The van der Waals surface area contributed by atoms with Gasteiger partial charge < -0.3 is 9.15 Å². The van der Waals surface area contributed by atoms with Crippen LogP contribution in [0.1, 0.15) is 6.92 Å². The lowest BCUT2D eigenvalue weighted by molar-refractivity contribution is -0.144. The molecule has 0 saturated carbocycles. The number of nitrogens with zero attached hydrogens (tertiary/aromatic N) is 4. The Morgan fingerprint density at radius 3 is 3.19 bits per heavy atom. The molecular weight excluding hydrogens is 212 g/mol. The van der Waals surface area contributed by atoms with E-state index in [1.807, 2.05) is 0 Å². The van der Waals surface area contributed by atoms with Crippen molar-refractivity contribution in [1.29, 1.82) is 0 Å². The smallest absolute Gasteiger partial charge is 0.327 e. The van der Waals surface area contributed by atoms with Crippen LogP contribution in [-0.4, -0.2) is 32.8 Å². The molecule has 0 aliphatic carbocycles. The van der Waals surface area contributed by atoms with Crippen LogP contribution in [0.5, 0.6) is 0 Å². The van der Waals surface area contributed by atoms with Gasteiger partial charge in [-0.15, -0.1) is 5.10 Å². The number of carbonyl (C=O) groups is 1. The molecule has 0 fully saturated rings. The minimum atomic E-state index is -0.386. The van der Waals surface area contributed by atoms with Crippen LogP contribution in [0.3, 0.4) is 0 Å². The van der Waals surface area contributed by atoms with Crippen LogP contribution in [0.15, 0.2) is 22.8 Å². The van der Waals surface area contributed by atoms with Crippen molar-refractivity contribution in [2.24, 2.45) is 0 Å². The lowest BCUT2D eigenvalue weighted by Crippen LogP contribution is -2.15. The molecule has 2 aromatic rings. The van der Waals surface area contributed by atoms with Crippen molar-refractivity contribution < 1.29 is 13.9 Å². The second kappa shape index (κ2) is 4.56. The Morgan fingerprint density at radius 2 is 2.50 bits per heavy atom. The first-order valence-corrected chi connectivity index (χ1v) is 4.77. The maximum atomic E-state index is 11.3. The summed E-state index contributed by atoms with van der Waals surface area (Å²) in [6.45, 7) is 2.04. The number of tetrazole rings is 1. The molecule has 16 heavy (non-hydrogen) atoms. The first-order valence-electron chi connectivity index (χ1n) is 4.77. The lowest BCUT2D eigenvalue weighted by atomic mass is 10.4. The van der Waals surface area contributed by atoms with Gasteiger partial charge in [-0.1, -0.05) is 0 Å². The van der Waals surface area contributed by atoms with Crippen molar-refractivity contribution in [1.82, 2.24) is 20.2 Å². The molecule has 84 valence electrons. The summed E-state index contributed by atoms with van der Waals surface area (Å²) in [6.07, 6.45) is 1.51. The Hall–Kier alpha value is -2.18. The van der Waals surface area contributed by atoms with E-state index in [-0.39, 0.29) is 12.5 Å². The topological polar surface area (TPSA) is 83.0 Å². The number of hydrogen-bond acceptors (Lipinski definition) is 6. The van der Waals surface area contributed by atoms with Crippen molar-refractivity contribution in [3.05, 3.63) is 18.4 Å². The Kier molecular flexibility index (Phi) is 2.95. The molecule has 2 rings (SSSR count). The highest BCUT2D eigenvalue weighted by atomic mass is 16.5. The number of carbonyl (C=O) groups excluding carboxylic acids is 1. The molecule has 0 N–H and O–H groups in total. The van der Waals surface area contributed by atoms with Crippen molar-refractivity contribution in [2.75, 3.05) is 6.61 Å². The molecule has 7 nitrogen and oxygen atoms in total. The van der Waals surface area contributed by atoms with E-state index in [4.69, 9.17) is 9.15 Å². The molecule has 0 aliphatic rings. The van der Waals surface area contributed by atoms with Gasteiger partial charge in [-0.05, 0) is 29.5 Å². The van der Waals surface area contributed by atoms with E-state index < -0.39 is 0 Å². The second-order valence-corrected chi connectivity index (χ2v) is 2.94. The highest BCUT2D eigenvalue weighted by Gasteiger charge is 2.14. The van der Waals surface area contributed by atoms with Gasteiger partial charge in [-0.25, -0.2) is 4.68 Å². The summed E-state index contributed by atoms with van der Waals surface area (Å²) in [5.74, 6) is 0.523. The third-order valence-corrected chi connectivity index (χ3v) is 1.86. The van der Waals surface area contributed by atoms with Gasteiger partial charge in [0.05, 0.1) is 12.9 Å². The Morgan fingerprint density at radius 1 is 1.62 bits per heavy atom. The third-order valence-electron chi connectivity index (χ3n) is 1.86. The van der Waals surface area contributed by atoms with Crippen molar-refractivity contribution >= 4 is 5.97 Å². The van der Waals surface area contributed by atoms with Gasteiger partial charge >= 0.3 is 5.97 Å². The van der Waals surface area contributed by atoms with Gasteiger partial charge in [0.15, 0.2) is 5.76 Å². The van der Waals surface area contributed by atoms with Crippen LogP contribution in [0.2, 0.25) is 0 Å². The highest BCUT2D eigenvalue weighted by Crippen LogP contribution is 2.15. The Balaban J connectivity index is 2.17. The average Bonchev–Trinajstić information content (AvgIpc) is 2.86. The molecule has 0 atom stereocenters. The zero-order valence-corrected chi connectivity index (χ0v) is 8.66. The fourth-order valence-electron chi connectivity index (χ4n) is 1.22. The fraction of sp³-hybridized carbons (Fsp3) is 0.333.